The number of nitrogens with one attached hydrogen (secondary N) is 1. The number of hydrogen-bond acceptors (Lipinski definition) is 4. The molecule has 2 heterocycles. The molecule has 1 N–H and O–H groups in total. The number of pyridine rings is 1. The molecule has 4 heteroatoms. The Morgan fingerprint density at radius 3 is 2.95 bits per heavy atom. The Bertz CT molecular complexity index is 588. The summed E-state index contributed by atoms with van der Waals surface area (Å²) in [4.78, 5) is 4.28. The first kappa shape index (κ1) is 13.7. The average Bonchev–Trinajstić information content (AvgIpc) is 2.88. The molecule has 110 valence electrons. The first-order chi connectivity index (χ1) is 10.2. The molecule has 1 aliphatic rings. The summed E-state index contributed by atoms with van der Waals surface area (Å²) in [6.07, 6.45) is 2.93. The fraction of sp³-hybridized carbons (Fsp3) is 0.353. The van der Waals surface area contributed by atoms with E-state index in [0.29, 0.717) is 5.88 Å². The highest BCUT2D eigenvalue weighted by Crippen LogP contribution is 2.29. The van der Waals surface area contributed by atoms with Crippen LogP contribution in [0.15, 0.2) is 42.6 Å². The second-order valence-corrected chi connectivity index (χ2v) is 5.46. The van der Waals surface area contributed by atoms with Crippen molar-refractivity contribution < 1.29 is 9.47 Å². The number of fused-ring (bicyclic) bond motifs is 1. The molecule has 1 atom stereocenters. The fourth-order valence-corrected chi connectivity index (χ4v) is 2.43. The van der Waals surface area contributed by atoms with Crippen LogP contribution in [0, 0.1) is 0 Å². The van der Waals surface area contributed by atoms with Crippen molar-refractivity contribution in [3.63, 3.8) is 0 Å². The molecule has 0 saturated heterocycles. The zero-order valence-electron chi connectivity index (χ0n) is 12.4. The molecule has 3 rings (SSSR count). The van der Waals surface area contributed by atoms with E-state index in [9.17, 15) is 0 Å². The van der Waals surface area contributed by atoms with Gasteiger partial charge in [-0.25, -0.2) is 4.98 Å². The number of para-hydroxylation sites is 1. The molecular weight excluding hydrogens is 264 g/mol. The quantitative estimate of drug-likeness (QED) is 0.915. The van der Waals surface area contributed by atoms with Crippen molar-refractivity contribution in [1.82, 2.24) is 4.98 Å². The number of aromatic nitrogens is 1. The number of ether oxygens (including phenoxy) is 2. The first-order valence-electron chi connectivity index (χ1n) is 7.32. The summed E-state index contributed by atoms with van der Waals surface area (Å²) in [5.74, 6) is 1.64. The van der Waals surface area contributed by atoms with E-state index in [2.05, 4.69) is 16.4 Å². The molecule has 0 aliphatic carbocycles. The van der Waals surface area contributed by atoms with Gasteiger partial charge in [-0.2, -0.15) is 0 Å². The number of hydrogen-bond donors (Lipinski definition) is 1. The zero-order chi connectivity index (χ0) is 14.7. The Kier molecular flexibility index (Phi) is 3.95. The molecule has 1 aliphatic heterocycles. The standard InChI is InChI=1S/C17H20N2O2/c1-12(2)20-17-15(7-5-9-18-17)19-11-14-10-13-6-3-4-8-16(13)21-14/h3-9,12,14,19H,10-11H2,1-2H3. The molecule has 1 aromatic heterocycles. The summed E-state index contributed by atoms with van der Waals surface area (Å²) in [5.41, 5.74) is 2.18. The lowest BCUT2D eigenvalue weighted by Crippen LogP contribution is -2.24. The van der Waals surface area contributed by atoms with Crippen molar-refractivity contribution in [2.24, 2.45) is 0 Å². The van der Waals surface area contributed by atoms with Crippen LogP contribution in [-0.2, 0) is 6.42 Å². The summed E-state index contributed by atoms with van der Waals surface area (Å²) >= 11 is 0. The van der Waals surface area contributed by atoms with Gasteiger partial charge < -0.3 is 14.8 Å². The van der Waals surface area contributed by atoms with Crippen LogP contribution >= 0.6 is 0 Å². The van der Waals surface area contributed by atoms with E-state index in [0.717, 1.165) is 24.4 Å². The number of benzene rings is 1. The molecule has 0 spiro atoms. The van der Waals surface area contributed by atoms with Crippen molar-refractivity contribution in [3.8, 4) is 11.6 Å². The second-order valence-electron chi connectivity index (χ2n) is 5.46. The molecule has 0 amide bonds. The van der Waals surface area contributed by atoms with Crippen molar-refractivity contribution in [3.05, 3.63) is 48.2 Å². The topological polar surface area (TPSA) is 43.4 Å². The maximum absolute atomic E-state index is 5.93. The van der Waals surface area contributed by atoms with Gasteiger partial charge in [0.1, 0.15) is 11.9 Å². The highest BCUT2D eigenvalue weighted by atomic mass is 16.5. The lowest BCUT2D eigenvalue weighted by molar-refractivity contribution is 0.232. The van der Waals surface area contributed by atoms with E-state index in [1.54, 1.807) is 6.20 Å². The molecule has 0 fully saturated rings. The largest absolute Gasteiger partial charge is 0.488 e. The Balaban J connectivity index is 1.62. The van der Waals surface area contributed by atoms with E-state index < -0.39 is 0 Å². The van der Waals surface area contributed by atoms with Crippen LogP contribution in [0.3, 0.4) is 0 Å². The predicted molar refractivity (Wildman–Crippen MR) is 83.1 cm³/mol. The Hall–Kier alpha value is -2.23. The third-order valence-electron chi connectivity index (χ3n) is 3.35. The van der Waals surface area contributed by atoms with Gasteiger partial charge in [0.15, 0.2) is 0 Å². The first-order valence-corrected chi connectivity index (χ1v) is 7.32. The van der Waals surface area contributed by atoms with Gasteiger partial charge in [-0.15, -0.1) is 0 Å². The maximum atomic E-state index is 5.93. The predicted octanol–water partition coefficient (Wildman–Crippen LogP) is 3.28. The smallest absolute Gasteiger partial charge is 0.237 e. The minimum Gasteiger partial charge on any atom is -0.488 e. The summed E-state index contributed by atoms with van der Waals surface area (Å²) in [5, 5.41) is 3.38. The average molecular weight is 284 g/mol. The summed E-state index contributed by atoms with van der Waals surface area (Å²) in [6, 6.07) is 12.1. The Morgan fingerprint density at radius 1 is 1.29 bits per heavy atom. The summed E-state index contributed by atoms with van der Waals surface area (Å²) in [6.45, 7) is 4.72. The van der Waals surface area contributed by atoms with Gasteiger partial charge in [0.2, 0.25) is 5.88 Å². The van der Waals surface area contributed by atoms with Crippen LogP contribution < -0.4 is 14.8 Å². The Labute approximate surface area is 125 Å². The minimum atomic E-state index is 0.104. The van der Waals surface area contributed by atoms with E-state index in [1.807, 2.05) is 44.2 Å². The van der Waals surface area contributed by atoms with Crippen molar-refractivity contribution >= 4 is 5.69 Å². The van der Waals surface area contributed by atoms with Crippen LogP contribution in [0.25, 0.3) is 0 Å². The van der Waals surface area contributed by atoms with Crippen LogP contribution in [0.2, 0.25) is 0 Å². The number of rotatable bonds is 5. The van der Waals surface area contributed by atoms with Gasteiger partial charge in [-0.3, -0.25) is 0 Å². The monoisotopic (exact) mass is 284 g/mol. The number of nitrogens with zero attached hydrogens (tertiary/aromatic N) is 1. The Morgan fingerprint density at radius 2 is 2.14 bits per heavy atom. The van der Waals surface area contributed by atoms with Gasteiger partial charge >= 0.3 is 0 Å². The highest BCUT2D eigenvalue weighted by Gasteiger charge is 2.22. The van der Waals surface area contributed by atoms with Gasteiger partial charge in [0.05, 0.1) is 18.3 Å². The molecule has 0 radical (unpaired) electrons. The lowest BCUT2D eigenvalue weighted by Gasteiger charge is -2.16. The van der Waals surface area contributed by atoms with Crippen LogP contribution in [0.1, 0.15) is 19.4 Å². The molecule has 4 nitrogen and oxygen atoms in total. The maximum Gasteiger partial charge on any atom is 0.237 e. The molecule has 1 unspecified atom stereocenters. The fourth-order valence-electron chi connectivity index (χ4n) is 2.43. The van der Waals surface area contributed by atoms with Crippen molar-refractivity contribution in [2.75, 3.05) is 11.9 Å². The van der Waals surface area contributed by atoms with Gasteiger partial charge in [0.25, 0.3) is 0 Å². The minimum absolute atomic E-state index is 0.104. The lowest BCUT2D eigenvalue weighted by atomic mass is 10.1. The summed E-state index contributed by atoms with van der Waals surface area (Å²) in [7, 11) is 0. The van der Waals surface area contributed by atoms with E-state index in [4.69, 9.17) is 9.47 Å². The molecule has 21 heavy (non-hydrogen) atoms. The molecule has 2 aromatic rings. The SMILES string of the molecule is CC(C)Oc1ncccc1NCC1Cc2ccccc2O1. The second kappa shape index (κ2) is 6.04. The molecular formula is C17H20N2O2. The van der Waals surface area contributed by atoms with Gasteiger partial charge in [-0.05, 0) is 37.6 Å². The van der Waals surface area contributed by atoms with Gasteiger partial charge in [0, 0.05) is 12.6 Å². The van der Waals surface area contributed by atoms with Gasteiger partial charge in [-0.1, -0.05) is 18.2 Å². The molecule has 0 saturated carbocycles. The third-order valence-corrected chi connectivity index (χ3v) is 3.35. The third kappa shape index (κ3) is 3.27. The normalized spacial score (nSPS) is 16.4. The van der Waals surface area contributed by atoms with Crippen LogP contribution in [0.5, 0.6) is 11.6 Å². The molecule has 0 bridgehead atoms. The van der Waals surface area contributed by atoms with Crippen molar-refractivity contribution in [1.29, 1.82) is 0 Å². The highest BCUT2D eigenvalue weighted by molar-refractivity contribution is 5.52. The van der Waals surface area contributed by atoms with E-state index in [1.165, 1.54) is 5.56 Å². The van der Waals surface area contributed by atoms with Crippen LogP contribution in [0.4, 0.5) is 5.69 Å². The number of anilines is 1. The summed E-state index contributed by atoms with van der Waals surface area (Å²) < 4.78 is 11.6. The molecule has 1 aromatic carbocycles. The van der Waals surface area contributed by atoms with Crippen LogP contribution in [-0.4, -0.2) is 23.7 Å². The van der Waals surface area contributed by atoms with Crippen molar-refractivity contribution in [2.45, 2.75) is 32.5 Å². The zero-order valence-corrected chi connectivity index (χ0v) is 12.4. The van der Waals surface area contributed by atoms with E-state index in [-0.39, 0.29) is 12.2 Å². The van der Waals surface area contributed by atoms with E-state index >= 15 is 0 Å².